The van der Waals surface area contributed by atoms with Gasteiger partial charge in [-0.05, 0) is 37.8 Å². The van der Waals surface area contributed by atoms with Crippen molar-refractivity contribution in [1.82, 2.24) is 10.2 Å². The van der Waals surface area contributed by atoms with E-state index < -0.39 is 0 Å². The summed E-state index contributed by atoms with van der Waals surface area (Å²) in [5.74, 6) is 1.69. The Balaban J connectivity index is 0.00000225. The van der Waals surface area contributed by atoms with E-state index in [4.69, 9.17) is 9.73 Å². The van der Waals surface area contributed by atoms with E-state index in [1.807, 2.05) is 0 Å². The fourth-order valence-electron chi connectivity index (χ4n) is 3.60. The molecule has 4 nitrogen and oxygen atoms in total. The second-order valence-corrected chi connectivity index (χ2v) is 7.84. The number of nitrogens with one attached hydrogen (secondary N) is 1. The fraction of sp³-hybridized carbons (Fsp3) is 0.632. The van der Waals surface area contributed by atoms with Gasteiger partial charge in [-0.1, -0.05) is 34.1 Å². The fourth-order valence-corrected chi connectivity index (χ4v) is 4.31. The van der Waals surface area contributed by atoms with Gasteiger partial charge in [0, 0.05) is 42.5 Å². The molecule has 2 aliphatic rings. The third-order valence-electron chi connectivity index (χ3n) is 5.15. The topological polar surface area (TPSA) is 36.9 Å². The van der Waals surface area contributed by atoms with Crippen molar-refractivity contribution in [3.05, 3.63) is 34.3 Å². The highest BCUT2D eigenvalue weighted by atomic mass is 127. The number of ether oxygens (including phenoxy) is 1. The minimum absolute atomic E-state index is 0. The van der Waals surface area contributed by atoms with Crippen molar-refractivity contribution in [3.63, 3.8) is 0 Å². The smallest absolute Gasteiger partial charge is 0.193 e. The first kappa shape index (κ1) is 21.0. The molecule has 140 valence electrons. The maximum atomic E-state index is 5.32. The number of rotatable bonds is 6. The standard InChI is InChI=1S/C19H28BrN3O.HI/c1-3-21-18(23-11-8-15(12-23)13-24-2)22-14-19(9-10-19)16-6-4-5-7-17(16)20;/h4-7,15H,3,8-14H2,1-2H3,(H,21,22);1H. The molecule has 0 spiro atoms. The molecule has 1 aromatic rings. The van der Waals surface area contributed by atoms with Gasteiger partial charge in [0.15, 0.2) is 5.96 Å². The van der Waals surface area contributed by atoms with E-state index in [1.165, 1.54) is 29.3 Å². The van der Waals surface area contributed by atoms with Gasteiger partial charge in [-0.3, -0.25) is 4.99 Å². The van der Waals surface area contributed by atoms with Crippen molar-refractivity contribution >= 4 is 45.9 Å². The van der Waals surface area contributed by atoms with Crippen molar-refractivity contribution in [3.8, 4) is 0 Å². The molecule has 0 radical (unpaired) electrons. The van der Waals surface area contributed by atoms with Gasteiger partial charge in [-0.15, -0.1) is 24.0 Å². The first-order valence-corrected chi connectivity index (χ1v) is 9.75. The van der Waals surface area contributed by atoms with E-state index in [0.29, 0.717) is 5.92 Å². The van der Waals surface area contributed by atoms with Gasteiger partial charge in [0.05, 0.1) is 13.2 Å². The molecule has 1 heterocycles. The molecule has 6 heteroatoms. The van der Waals surface area contributed by atoms with Gasteiger partial charge in [-0.25, -0.2) is 0 Å². The Morgan fingerprint density at radius 1 is 1.40 bits per heavy atom. The molecule has 1 aromatic carbocycles. The Morgan fingerprint density at radius 2 is 2.16 bits per heavy atom. The summed E-state index contributed by atoms with van der Waals surface area (Å²) in [7, 11) is 1.79. The van der Waals surface area contributed by atoms with Gasteiger partial charge in [0.2, 0.25) is 0 Å². The molecule has 1 aliphatic carbocycles. The Labute approximate surface area is 176 Å². The minimum atomic E-state index is 0. The lowest BCUT2D eigenvalue weighted by Gasteiger charge is -2.23. The van der Waals surface area contributed by atoms with Crippen LogP contribution in [0.4, 0.5) is 0 Å². The third kappa shape index (κ3) is 5.10. The van der Waals surface area contributed by atoms with Crippen molar-refractivity contribution in [2.45, 2.75) is 31.6 Å². The third-order valence-corrected chi connectivity index (χ3v) is 5.84. The highest BCUT2D eigenvalue weighted by Crippen LogP contribution is 2.50. The van der Waals surface area contributed by atoms with Crippen molar-refractivity contribution in [2.75, 3.05) is 39.9 Å². The molecular weight excluding hydrogens is 493 g/mol. The Bertz CT molecular complexity index is 592. The minimum Gasteiger partial charge on any atom is -0.384 e. The summed E-state index contributed by atoms with van der Waals surface area (Å²) < 4.78 is 6.53. The number of nitrogens with zero attached hydrogens (tertiary/aromatic N) is 2. The number of hydrogen-bond acceptors (Lipinski definition) is 2. The first-order chi connectivity index (χ1) is 11.7. The van der Waals surface area contributed by atoms with E-state index in [2.05, 4.69) is 57.3 Å². The van der Waals surface area contributed by atoms with Gasteiger partial charge in [0.1, 0.15) is 0 Å². The summed E-state index contributed by atoms with van der Waals surface area (Å²) >= 11 is 3.71. The predicted molar refractivity (Wildman–Crippen MR) is 118 cm³/mol. The summed E-state index contributed by atoms with van der Waals surface area (Å²) in [6, 6.07) is 8.59. The average molecular weight is 522 g/mol. The van der Waals surface area contributed by atoms with Crippen molar-refractivity contribution in [2.24, 2.45) is 10.9 Å². The molecule has 25 heavy (non-hydrogen) atoms. The lowest BCUT2D eigenvalue weighted by molar-refractivity contribution is 0.157. The highest BCUT2D eigenvalue weighted by molar-refractivity contribution is 14.0. The summed E-state index contributed by atoms with van der Waals surface area (Å²) in [4.78, 5) is 7.40. The molecule has 1 aliphatic heterocycles. The van der Waals surface area contributed by atoms with Crippen LogP contribution in [0.15, 0.2) is 33.7 Å². The molecule has 3 rings (SSSR count). The zero-order valence-corrected chi connectivity index (χ0v) is 19.0. The molecule has 1 atom stereocenters. The van der Waals surface area contributed by atoms with Crippen LogP contribution >= 0.6 is 39.9 Å². The van der Waals surface area contributed by atoms with Crippen LogP contribution in [0, 0.1) is 5.92 Å². The number of methoxy groups -OCH3 is 1. The van der Waals surface area contributed by atoms with Crippen molar-refractivity contribution < 1.29 is 4.74 Å². The van der Waals surface area contributed by atoms with Crippen LogP contribution in [0.5, 0.6) is 0 Å². The summed E-state index contributed by atoms with van der Waals surface area (Å²) in [6.45, 7) is 6.87. The molecule has 0 bridgehead atoms. The van der Waals surface area contributed by atoms with Crippen LogP contribution in [0.2, 0.25) is 0 Å². The highest BCUT2D eigenvalue weighted by Gasteiger charge is 2.45. The van der Waals surface area contributed by atoms with Crippen LogP contribution in [0.1, 0.15) is 31.7 Å². The lowest BCUT2D eigenvalue weighted by Crippen LogP contribution is -2.40. The normalized spacial score (nSPS) is 21.8. The number of halogens is 2. The van der Waals surface area contributed by atoms with E-state index in [9.17, 15) is 0 Å². The molecular formula is C19H29BrIN3O. The molecule has 2 fully saturated rings. The van der Waals surface area contributed by atoms with E-state index in [0.717, 1.165) is 38.7 Å². The zero-order chi connectivity index (χ0) is 17.0. The zero-order valence-electron chi connectivity index (χ0n) is 15.1. The second-order valence-electron chi connectivity index (χ2n) is 6.99. The van der Waals surface area contributed by atoms with E-state index in [1.54, 1.807) is 7.11 Å². The summed E-state index contributed by atoms with van der Waals surface area (Å²) in [5.41, 5.74) is 1.63. The molecule has 1 unspecified atom stereocenters. The van der Waals surface area contributed by atoms with Crippen LogP contribution in [-0.2, 0) is 10.2 Å². The van der Waals surface area contributed by atoms with Gasteiger partial charge in [0.25, 0.3) is 0 Å². The van der Waals surface area contributed by atoms with Gasteiger partial charge < -0.3 is 15.0 Å². The molecule has 0 amide bonds. The number of guanidine groups is 1. The average Bonchev–Trinajstić information content (AvgIpc) is 3.23. The van der Waals surface area contributed by atoms with Crippen LogP contribution in [0.3, 0.4) is 0 Å². The Hall–Kier alpha value is -0.340. The number of benzene rings is 1. The number of likely N-dealkylation sites (tertiary alicyclic amines) is 1. The summed E-state index contributed by atoms with van der Waals surface area (Å²) in [6.07, 6.45) is 3.64. The maximum Gasteiger partial charge on any atom is 0.193 e. The monoisotopic (exact) mass is 521 g/mol. The molecule has 0 aromatic heterocycles. The van der Waals surface area contributed by atoms with Crippen LogP contribution < -0.4 is 5.32 Å². The van der Waals surface area contributed by atoms with Crippen LogP contribution in [0.25, 0.3) is 0 Å². The van der Waals surface area contributed by atoms with Gasteiger partial charge >= 0.3 is 0 Å². The largest absolute Gasteiger partial charge is 0.384 e. The molecule has 1 N–H and O–H groups in total. The quantitative estimate of drug-likeness (QED) is 0.349. The summed E-state index contributed by atoms with van der Waals surface area (Å²) in [5, 5.41) is 3.48. The number of aliphatic imine (C=N–C) groups is 1. The maximum absolute atomic E-state index is 5.32. The lowest BCUT2D eigenvalue weighted by atomic mass is 9.96. The first-order valence-electron chi connectivity index (χ1n) is 8.96. The van der Waals surface area contributed by atoms with Crippen molar-refractivity contribution in [1.29, 1.82) is 0 Å². The molecule has 1 saturated carbocycles. The SMILES string of the molecule is CCNC(=NCC1(c2ccccc2Br)CC1)N1CCC(COC)C1.I. The Kier molecular flexibility index (Phi) is 8.01. The number of hydrogen-bond donors (Lipinski definition) is 1. The second kappa shape index (κ2) is 9.55. The predicted octanol–water partition coefficient (Wildman–Crippen LogP) is 4.03. The van der Waals surface area contributed by atoms with Gasteiger partial charge in [-0.2, -0.15) is 0 Å². The van der Waals surface area contributed by atoms with E-state index in [-0.39, 0.29) is 29.4 Å². The molecule has 1 saturated heterocycles. The van der Waals surface area contributed by atoms with E-state index >= 15 is 0 Å². The Morgan fingerprint density at radius 3 is 2.80 bits per heavy atom. The van der Waals surface area contributed by atoms with Crippen LogP contribution in [-0.4, -0.2) is 50.8 Å².